The number of rotatable bonds is 6. The van der Waals surface area contributed by atoms with E-state index in [0.29, 0.717) is 12.5 Å². The molecule has 0 heterocycles. The molecule has 23 heavy (non-hydrogen) atoms. The summed E-state index contributed by atoms with van der Waals surface area (Å²) in [5.41, 5.74) is 9.15. The van der Waals surface area contributed by atoms with E-state index in [1.807, 2.05) is 42.5 Å². The summed E-state index contributed by atoms with van der Waals surface area (Å²) in [6.07, 6.45) is 5.19. The molecule has 2 aromatic rings. The molecule has 2 rings (SSSR count). The van der Waals surface area contributed by atoms with Crippen LogP contribution in [-0.4, -0.2) is 12.5 Å². The average molecular weight is 307 g/mol. The molecular formula is C20H25N3. The van der Waals surface area contributed by atoms with Gasteiger partial charge in [0, 0.05) is 12.2 Å². The van der Waals surface area contributed by atoms with Gasteiger partial charge in [-0.1, -0.05) is 68.5 Å². The molecule has 0 aliphatic carbocycles. The van der Waals surface area contributed by atoms with Crippen LogP contribution in [0.15, 0.2) is 60.7 Å². The number of hydrogen-bond donors (Lipinski definition) is 2. The number of benzene rings is 2. The van der Waals surface area contributed by atoms with Crippen LogP contribution in [0.5, 0.6) is 0 Å². The summed E-state index contributed by atoms with van der Waals surface area (Å²) in [6, 6.07) is 18.5. The molecule has 1 unspecified atom stereocenters. The number of hydrogen-bond acceptors (Lipinski definition) is 1. The number of anilines is 1. The fourth-order valence-electron chi connectivity index (χ4n) is 2.42. The van der Waals surface area contributed by atoms with Gasteiger partial charge in [-0.3, -0.25) is 5.41 Å². The Balaban J connectivity index is 2.09. The largest absolute Gasteiger partial charge is 0.370 e. The van der Waals surface area contributed by atoms with E-state index in [9.17, 15) is 0 Å². The lowest BCUT2D eigenvalue weighted by molar-refractivity contribution is 0.733. The fraction of sp³-hybridized carbons (Fsp3) is 0.250. The summed E-state index contributed by atoms with van der Waals surface area (Å²) in [5.74, 6) is 0.604. The van der Waals surface area contributed by atoms with Gasteiger partial charge in [-0.2, -0.15) is 0 Å². The Morgan fingerprint density at radius 2 is 1.78 bits per heavy atom. The van der Waals surface area contributed by atoms with Crippen LogP contribution in [0.4, 0.5) is 5.69 Å². The van der Waals surface area contributed by atoms with Crippen molar-refractivity contribution in [2.45, 2.75) is 26.2 Å². The maximum Gasteiger partial charge on any atom is 0.193 e. The Hall–Kier alpha value is -2.55. The van der Waals surface area contributed by atoms with E-state index in [0.717, 1.165) is 17.7 Å². The summed E-state index contributed by atoms with van der Waals surface area (Å²) in [7, 11) is 0. The first kappa shape index (κ1) is 16.8. The van der Waals surface area contributed by atoms with Crippen molar-refractivity contribution in [3.05, 3.63) is 71.8 Å². The molecule has 0 fully saturated rings. The van der Waals surface area contributed by atoms with Crippen molar-refractivity contribution >= 4 is 17.7 Å². The van der Waals surface area contributed by atoms with Gasteiger partial charge in [0.15, 0.2) is 5.96 Å². The second-order valence-corrected chi connectivity index (χ2v) is 5.71. The molecule has 2 aromatic carbocycles. The average Bonchev–Trinajstić information content (AvgIpc) is 2.59. The molecule has 0 aromatic heterocycles. The van der Waals surface area contributed by atoms with Crippen LogP contribution in [0.25, 0.3) is 6.08 Å². The molecule has 3 heteroatoms. The first-order valence-corrected chi connectivity index (χ1v) is 8.05. The van der Waals surface area contributed by atoms with E-state index < -0.39 is 0 Å². The lowest BCUT2D eigenvalue weighted by Gasteiger charge is -2.22. The maximum absolute atomic E-state index is 7.82. The van der Waals surface area contributed by atoms with E-state index in [1.165, 1.54) is 5.56 Å². The highest BCUT2D eigenvalue weighted by Gasteiger charge is 2.09. The number of nitrogens with two attached hydrogens (primary N) is 1. The highest BCUT2D eigenvalue weighted by molar-refractivity contribution is 5.92. The fourth-order valence-corrected chi connectivity index (χ4v) is 2.42. The zero-order chi connectivity index (χ0) is 16.7. The first-order valence-electron chi connectivity index (χ1n) is 8.05. The van der Waals surface area contributed by atoms with Gasteiger partial charge >= 0.3 is 0 Å². The topological polar surface area (TPSA) is 53.1 Å². The monoisotopic (exact) mass is 307 g/mol. The quantitative estimate of drug-likeness (QED) is 0.604. The normalized spacial score (nSPS) is 12.3. The van der Waals surface area contributed by atoms with Gasteiger partial charge in [-0.25, -0.2) is 0 Å². The van der Waals surface area contributed by atoms with E-state index in [4.69, 9.17) is 11.1 Å². The van der Waals surface area contributed by atoms with Crippen molar-refractivity contribution < 1.29 is 0 Å². The minimum Gasteiger partial charge on any atom is -0.370 e. The molecule has 3 N–H and O–H groups in total. The molecule has 0 saturated heterocycles. The van der Waals surface area contributed by atoms with Crippen LogP contribution in [-0.2, 0) is 0 Å². The molecule has 0 radical (unpaired) electrons. The van der Waals surface area contributed by atoms with Crippen LogP contribution in [0.3, 0.4) is 0 Å². The third-order valence-electron chi connectivity index (χ3n) is 4.07. The minimum absolute atomic E-state index is 0.0546. The lowest BCUT2D eigenvalue weighted by atomic mass is 9.98. The van der Waals surface area contributed by atoms with Crippen molar-refractivity contribution in [3.63, 3.8) is 0 Å². The van der Waals surface area contributed by atoms with E-state index in [2.05, 4.69) is 38.1 Å². The Labute approximate surface area is 139 Å². The summed E-state index contributed by atoms with van der Waals surface area (Å²) in [6.45, 7) is 4.99. The van der Waals surface area contributed by atoms with E-state index in [1.54, 1.807) is 4.90 Å². The molecule has 1 atom stereocenters. The van der Waals surface area contributed by atoms with Gasteiger partial charge in [0.1, 0.15) is 0 Å². The molecule has 0 aliphatic rings. The Bertz CT molecular complexity index is 644. The molecule has 120 valence electrons. The van der Waals surface area contributed by atoms with Gasteiger partial charge in [0.2, 0.25) is 0 Å². The van der Waals surface area contributed by atoms with E-state index in [-0.39, 0.29) is 5.96 Å². The number of guanidine groups is 1. The summed E-state index contributed by atoms with van der Waals surface area (Å²) in [4.78, 5) is 1.79. The van der Waals surface area contributed by atoms with E-state index >= 15 is 0 Å². The third-order valence-corrected chi connectivity index (χ3v) is 4.07. The van der Waals surface area contributed by atoms with Crippen molar-refractivity contribution in [2.75, 3.05) is 11.4 Å². The lowest BCUT2D eigenvalue weighted by Crippen LogP contribution is -2.36. The highest BCUT2D eigenvalue weighted by atomic mass is 15.2. The third kappa shape index (κ3) is 4.71. The zero-order valence-corrected chi connectivity index (χ0v) is 13.9. The molecule has 3 nitrogen and oxygen atoms in total. The van der Waals surface area contributed by atoms with Crippen molar-refractivity contribution in [1.82, 2.24) is 0 Å². The SMILES string of the molecule is CCC(C)c1ccc(N(CC=Cc2ccccc2)C(=N)N)cc1. The minimum atomic E-state index is 0.0546. The van der Waals surface area contributed by atoms with Gasteiger partial charge in [0.25, 0.3) is 0 Å². The second-order valence-electron chi connectivity index (χ2n) is 5.71. The zero-order valence-electron chi connectivity index (χ0n) is 13.9. The van der Waals surface area contributed by atoms with Gasteiger partial charge in [0.05, 0.1) is 0 Å². The summed E-state index contributed by atoms with van der Waals surface area (Å²) < 4.78 is 0. The summed E-state index contributed by atoms with van der Waals surface area (Å²) >= 11 is 0. The first-order chi connectivity index (χ1) is 11.1. The van der Waals surface area contributed by atoms with Crippen LogP contribution in [0.2, 0.25) is 0 Å². The molecule has 0 spiro atoms. The van der Waals surface area contributed by atoms with Crippen molar-refractivity contribution in [3.8, 4) is 0 Å². The standard InChI is InChI=1S/C20H25N3/c1-3-16(2)18-11-13-19(14-12-18)23(20(21)22)15-7-10-17-8-5-4-6-9-17/h4-14,16H,3,15H2,1-2H3,(H3,21,22). The van der Waals surface area contributed by atoms with Crippen molar-refractivity contribution in [1.29, 1.82) is 5.41 Å². The maximum atomic E-state index is 7.82. The van der Waals surface area contributed by atoms with Crippen LogP contribution in [0, 0.1) is 5.41 Å². The van der Waals surface area contributed by atoms with Gasteiger partial charge < -0.3 is 10.6 Å². The molecule has 0 amide bonds. The van der Waals surface area contributed by atoms with Crippen LogP contribution in [0.1, 0.15) is 37.3 Å². The molecule has 0 saturated carbocycles. The molecule has 0 aliphatic heterocycles. The van der Waals surface area contributed by atoms with Crippen molar-refractivity contribution in [2.24, 2.45) is 5.73 Å². The highest BCUT2D eigenvalue weighted by Crippen LogP contribution is 2.22. The predicted octanol–water partition coefficient (Wildman–Crippen LogP) is 4.61. The van der Waals surface area contributed by atoms with Crippen LogP contribution < -0.4 is 10.6 Å². The molecular weight excluding hydrogens is 282 g/mol. The van der Waals surface area contributed by atoms with Gasteiger partial charge in [-0.15, -0.1) is 0 Å². The predicted molar refractivity (Wildman–Crippen MR) is 99.9 cm³/mol. The Kier molecular flexibility index (Phi) is 5.98. The van der Waals surface area contributed by atoms with Gasteiger partial charge in [-0.05, 0) is 35.6 Å². The molecule has 0 bridgehead atoms. The second kappa shape index (κ2) is 8.18. The smallest absolute Gasteiger partial charge is 0.193 e. The number of nitrogens with one attached hydrogen (secondary N) is 1. The Morgan fingerprint density at radius 3 is 2.35 bits per heavy atom. The Morgan fingerprint density at radius 1 is 1.13 bits per heavy atom. The summed E-state index contributed by atoms with van der Waals surface area (Å²) in [5, 5.41) is 7.82. The van der Waals surface area contributed by atoms with Crippen LogP contribution >= 0.6 is 0 Å². The number of nitrogens with zero attached hydrogens (tertiary/aromatic N) is 1.